The van der Waals surface area contributed by atoms with Gasteiger partial charge in [0.2, 0.25) is 0 Å². The van der Waals surface area contributed by atoms with Crippen molar-refractivity contribution in [1.29, 1.82) is 0 Å². The molecular formula is C13H20GeO. The second-order valence-electron chi connectivity index (χ2n) is 5.57. The van der Waals surface area contributed by atoms with Gasteiger partial charge in [0.05, 0.1) is 0 Å². The summed E-state index contributed by atoms with van der Waals surface area (Å²) in [6.45, 7) is 6.56. The fourth-order valence-electron chi connectivity index (χ4n) is 1.29. The molecule has 0 aromatic heterocycles. The number of hydrogen-bond donors (Lipinski definition) is 0. The van der Waals surface area contributed by atoms with Gasteiger partial charge < -0.3 is 0 Å². The Hall–Kier alpha value is -0.567. The third-order valence-corrected chi connectivity index (χ3v) is 14.3. The van der Waals surface area contributed by atoms with Crippen LogP contribution in [0.4, 0.5) is 0 Å². The van der Waals surface area contributed by atoms with E-state index in [0.717, 1.165) is 5.56 Å². The Morgan fingerprint density at radius 2 is 1.53 bits per heavy atom. The maximum atomic E-state index is 12.4. The molecule has 1 rings (SSSR count). The molecule has 82 valence electrons. The molecular weight excluding hydrogens is 245 g/mol. The summed E-state index contributed by atoms with van der Waals surface area (Å²) < 4.78 is 0.565. The molecule has 1 aromatic rings. The van der Waals surface area contributed by atoms with Crippen LogP contribution in [0.15, 0.2) is 30.3 Å². The van der Waals surface area contributed by atoms with Crippen LogP contribution in [0.25, 0.3) is 0 Å². The van der Waals surface area contributed by atoms with Crippen LogP contribution >= 0.6 is 0 Å². The molecule has 0 fully saturated rings. The normalized spacial score (nSPS) is 12.6. The van der Waals surface area contributed by atoms with Crippen LogP contribution in [0, 0.1) is 0 Å². The molecule has 0 saturated heterocycles. The van der Waals surface area contributed by atoms with Gasteiger partial charge in [-0.1, -0.05) is 0 Å². The number of carbonyl (C=O) groups is 1. The van der Waals surface area contributed by atoms with E-state index >= 15 is 0 Å². The van der Waals surface area contributed by atoms with E-state index < -0.39 is 13.3 Å². The van der Waals surface area contributed by atoms with E-state index in [-0.39, 0.29) is 4.25 Å². The number of benzene rings is 1. The molecule has 2 heteroatoms. The standard InChI is InChI=1S/C13H20GeO/c1-13(2,3)14(4,5)12(15)11-9-7-6-8-10-11/h6-10H,1-5H3. The maximum absolute atomic E-state index is 12.4. The number of carbonyl (C=O) groups excluding carboxylic acids is 1. The van der Waals surface area contributed by atoms with Gasteiger partial charge in [-0.25, -0.2) is 0 Å². The Morgan fingerprint density at radius 1 is 1.07 bits per heavy atom. The van der Waals surface area contributed by atoms with Crippen LogP contribution in [0.1, 0.15) is 31.1 Å². The summed E-state index contributed by atoms with van der Waals surface area (Å²) in [5.41, 5.74) is 0.887. The Balaban J connectivity index is 3.06. The van der Waals surface area contributed by atoms with Crippen LogP contribution in [0.2, 0.25) is 15.8 Å². The molecule has 0 saturated carbocycles. The van der Waals surface area contributed by atoms with E-state index in [1.54, 1.807) is 0 Å². The van der Waals surface area contributed by atoms with Crippen LogP contribution < -0.4 is 0 Å². The Morgan fingerprint density at radius 3 is 1.93 bits per heavy atom. The van der Waals surface area contributed by atoms with Crippen LogP contribution in [0.3, 0.4) is 0 Å². The first-order valence-electron chi connectivity index (χ1n) is 5.36. The first-order valence-corrected chi connectivity index (χ1v) is 11.7. The summed E-state index contributed by atoms with van der Waals surface area (Å²) in [7, 11) is 0. The Bertz CT molecular complexity index is 347. The van der Waals surface area contributed by atoms with Crippen molar-refractivity contribution in [3.63, 3.8) is 0 Å². The minimum absolute atomic E-state index is 0.160. The van der Waals surface area contributed by atoms with Crippen molar-refractivity contribution < 1.29 is 4.79 Å². The van der Waals surface area contributed by atoms with Crippen LogP contribution in [-0.4, -0.2) is 17.9 Å². The molecule has 0 aliphatic heterocycles. The first-order chi connectivity index (χ1) is 6.77. The van der Waals surface area contributed by atoms with Crippen molar-refractivity contribution in [1.82, 2.24) is 0 Å². The zero-order chi connectivity index (χ0) is 11.7. The van der Waals surface area contributed by atoms with Crippen molar-refractivity contribution in [2.24, 2.45) is 0 Å². The van der Waals surface area contributed by atoms with E-state index in [9.17, 15) is 4.79 Å². The van der Waals surface area contributed by atoms with Gasteiger partial charge in [0.1, 0.15) is 0 Å². The zero-order valence-electron chi connectivity index (χ0n) is 10.3. The molecule has 0 amide bonds. The molecule has 0 aliphatic rings. The van der Waals surface area contributed by atoms with Gasteiger partial charge in [-0.15, -0.1) is 0 Å². The van der Waals surface area contributed by atoms with E-state index in [0.29, 0.717) is 4.62 Å². The van der Waals surface area contributed by atoms with Gasteiger partial charge in [-0.3, -0.25) is 0 Å². The van der Waals surface area contributed by atoms with Gasteiger partial charge in [0.25, 0.3) is 0 Å². The minimum atomic E-state index is -2.43. The van der Waals surface area contributed by atoms with Gasteiger partial charge in [0.15, 0.2) is 0 Å². The van der Waals surface area contributed by atoms with Crippen LogP contribution in [-0.2, 0) is 0 Å². The number of hydrogen-bond acceptors (Lipinski definition) is 1. The molecule has 0 N–H and O–H groups in total. The van der Waals surface area contributed by atoms with Crippen molar-refractivity contribution in [3.8, 4) is 0 Å². The molecule has 0 aliphatic carbocycles. The monoisotopic (exact) mass is 266 g/mol. The van der Waals surface area contributed by atoms with Gasteiger partial charge in [-0.05, 0) is 0 Å². The average molecular weight is 265 g/mol. The molecule has 15 heavy (non-hydrogen) atoms. The molecule has 1 nitrogen and oxygen atoms in total. The quantitative estimate of drug-likeness (QED) is 0.740. The Kier molecular flexibility index (Phi) is 3.44. The third-order valence-electron chi connectivity index (χ3n) is 3.48. The van der Waals surface area contributed by atoms with E-state index in [2.05, 4.69) is 32.3 Å². The molecule has 0 heterocycles. The van der Waals surface area contributed by atoms with Gasteiger partial charge in [-0.2, -0.15) is 0 Å². The average Bonchev–Trinajstić information content (AvgIpc) is 2.16. The molecule has 0 radical (unpaired) electrons. The number of rotatable bonds is 2. The first kappa shape index (κ1) is 12.5. The van der Waals surface area contributed by atoms with E-state index in [1.165, 1.54) is 0 Å². The summed E-state index contributed by atoms with van der Waals surface area (Å²) in [4.78, 5) is 12.4. The SMILES string of the molecule is C[C](C)(C)[Ge]([CH3])([CH3])[C](=O)c1ccccc1. The molecule has 0 unspecified atom stereocenters. The van der Waals surface area contributed by atoms with Crippen molar-refractivity contribution in [2.75, 3.05) is 0 Å². The predicted octanol–water partition coefficient (Wildman–Crippen LogP) is 3.92. The zero-order valence-corrected chi connectivity index (χ0v) is 12.4. The summed E-state index contributed by atoms with van der Waals surface area (Å²) in [6.07, 6.45) is 0. The molecule has 0 bridgehead atoms. The second kappa shape index (κ2) is 4.13. The van der Waals surface area contributed by atoms with Crippen molar-refractivity contribution in [3.05, 3.63) is 35.9 Å². The molecule has 0 atom stereocenters. The Labute approximate surface area is 95.3 Å². The van der Waals surface area contributed by atoms with Crippen LogP contribution in [0.5, 0.6) is 0 Å². The van der Waals surface area contributed by atoms with E-state index in [1.807, 2.05) is 30.3 Å². The molecule has 1 aromatic carbocycles. The summed E-state index contributed by atoms with van der Waals surface area (Å²) in [5.74, 6) is 4.41. The fraction of sp³-hybridized carbons (Fsp3) is 0.462. The van der Waals surface area contributed by atoms with E-state index in [4.69, 9.17) is 0 Å². The predicted molar refractivity (Wildman–Crippen MR) is 68.0 cm³/mol. The van der Waals surface area contributed by atoms with Crippen molar-refractivity contribution in [2.45, 2.75) is 36.5 Å². The fourth-order valence-corrected chi connectivity index (χ4v) is 4.58. The van der Waals surface area contributed by atoms with Gasteiger partial charge >= 0.3 is 95.1 Å². The van der Waals surface area contributed by atoms with Gasteiger partial charge in [0, 0.05) is 0 Å². The van der Waals surface area contributed by atoms with Crippen molar-refractivity contribution >= 4 is 17.9 Å². The third kappa shape index (κ3) is 2.51. The topological polar surface area (TPSA) is 17.1 Å². The summed E-state index contributed by atoms with van der Waals surface area (Å²) >= 11 is -2.43. The summed E-state index contributed by atoms with van der Waals surface area (Å²) in [5, 5.41) is 0. The molecule has 0 spiro atoms. The summed E-state index contributed by atoms with van der Waals surface area (Å²) in [6, 6.07) is 9.69. The second-order valence-corrected chi connectivity index (χ2v) is 16.5.